The molecule has 4 aromatic rings. The van der Waals surface area contributed by atoms with E-state index in [4.69, 9.17) is 21.4 Å². The van der Waals surface area contributed by atoms with E-state index >= 15 is 0 Å². The number of carboxylic acid groups (broad SMARTS) is 1. The van der Waals surface area contributed by atoms with E-state index < -0.39 is 12.6 Å². The molecule has 178 valence electrons. The van der Waals surface area contributed by atoms with E-state index in [2.05, 4.69) is 15.5 Å². The number of para-hydroxylation sites is 3. The molecule has 0 fully saturated rings. The first-order chi connectivity index (χ1) is 17.0. The summed E-state index contributed by atoms with van der Waals surface area (Å²) in [6.07, 6.45) is 1.41. The maximum atomic E-state index is 12.4. The predicted octanol–water partition coefficient (Wildman–Crippen LogP) is 4.44. The fourth-order valence-corrected chi connectivity index (χ4v) is 4.31. The number of fused-ring (bicyclic) bond motifs is 1. The van der Waals surface area contributed by atoms with Crippen LogP contribution >= 0.6 is 23.4 Å². The molecule has 0 aliphatic carbocycles. The first-order valence-corrected chi connectivity index (χ1v) is 11.9. The third kappa shape index (κ3) is 6.40. The Morgan fingerprint density at radius 3 is 2.66 bits per heavy atom. The Labute approximate surface area is 210 Å². The number of carbonyl (C=O) groups excluding carboxylic acids is 1. The van der Waals surface area contributed by atoms with Gasteiger partial charge in [-0.1, -0.05) is 65.8 Å². The molecule has 10 heteroatoms. The summed E-state index contributed by atoms with van der Waals surface area (Å²) >= 11 is 7.67. The van der Waals surface area contributed by atoms with Crippen molar-refractivity contribution in [2.45, 2.75) is 11.7 Å². The maximum absolute atomic E-state index is 12.4. The SMILES string of the molecule is O=C(O)COc1ccccc1C=NNC(=O)CSc1nc2ccccc2n1Cc1ccccc1Cl. The third-order valence-corrected chi connectivity index (χ3v) is 6.25. The van der Waals surface area contributed by atoms with Crippen molar-refractivity contribution in [3.8, 4) is 5.75 Å². The van der Waals surface area contributed by atoms with Crippen molar-refractivity contribution in [3.05, 3.63) is 88.9 Å². The highest BCUT2D eigenvalue weighted by Gasteiger charge is 2.14. The Balaban J connectivity index is 1.42. The van der Waals surface area contributed by atoms with Crippen LogP contribution in [-0.2, 0) is 16.1 Å². The number of halogens is 1. The number of aromatic nitrogens is 2. The molecule has 4 rings (SSSR count). The lowest BCUT2D eigenvalue weighted by Crippen LogP contribution is -2.20. The zero-order valence-electron chi connectivity index (χ0n) is 18.4. The van der Waals surface area contributed by atoms with Crippen molar-refractivity contribution < 1.29 is 19.4 Å². The summed E-state index contributed by atoms with van der Waals surface area (Å²) in [5.41, 5.74) is 5.77. The van der Waals surface area contributed by atoms with E-state index in [9.17, 15) is 9.59 Å². The zero-order chi connectivity index (χ0) is 24.6. The van der Waals surface area contributed by atoms with Crippen molar-refractivity contribution in [1.29, 1.82) is 0 Å². The number of hydrogen-bond acceptors (Lipinski definition) is 6. The van der Waals surface area contributed by atoms with Gasteiger partial charge in [-0.2, -0.15) is 5.10 Å². The lowest BCUT2D eigenvalue weighted by molar-refractivity contribution is -0.139. The molecule has 0 aliphatic rings. The van der Waals surface area contributed by atoms with Gasteiger partial charge in [0.05, 0.1) is 29.5 Å². The quantitative estimate of drug-likeness (QED) is 0.186. The van der Waals surface area contributed by atoms with Gasteiger partial charge in [-0.25, -0.2) is 15.2 Å². The normalized spacial score (nSPS) is 11.1. The van der Waals surface area contributed by atoms with Gasteiger partial charge >= 0.3 is 5.97 Å². The largest absolute Gasteiger partial charge is 0.481 e. The molecule has 0 unspecified atom stereocenters. The van der Waals surface area contributed by atoms with Gasteiger partial charge in [-0.3, -0.25) is 4.79 Å². The highest BCUT2D eigenvalue weighted by molar-refractivity contribution is 7.99. The van der Waals surface area contributed by atoms with Crippen LogP contribution in [0.1, 0.15) is 11.1 Å². The number of benzene rings is 3. The smallest absolute Gasteiger partial charge is 0.341 e. The van der Waals surface area contributed by atoms with E-state index in [1.54, 1.807) is 24.3 Å². The van der Waals surface area contributed by atoms with Crippen LogP contribution in [0.2, 0.25) is 5.02 Å². The lowest BCUT2D eigenvalue weighted by atomic mass is 10.2. The molecule has 0 saturated heterocycles. The molecule has 1 amide bonds. The second kappa shape index (κ2) is 11.5. The summed E-state index contributed by atoms with van der Waals surface area (Å²) in [6.45, 7) is 0.0540. The first kappa shape index (κ1) is 24.3. The number of carbonyl (C=O) groups is 2. The van der Waals surface area contributed by atoms with Crippen LogP contribution in [0.15, 0.2) is 83.1 Å². The van der Waals surface area contributed by atoms with Gasteiger partial charge in [-0.15, -0.1) is 0 Å². The molecule has 0 saturated carbocycles. The van der Waals surface area contributed by atoms with Crippen LogP contribution in [0.3, 0.4) is 0 Å². The zero-order valence-corrected chi connectivity index (χ0v) is 20.0. The number of hydrogen-bond donors (Lipinski definition) is 2. The van der Waals surface area contributed by atoms with Crippen molar-refractivity contribution in [3.63, 3.8) is 0 Å². The van der Waals surface area contributed by atoms with Crippen molar-refractivity contribution >= 4 is 52.5 Å². The Morgan fingerprint density at radius 1 is 1.09 bits per heavy atom. The number of imidazole rings is 1. The molecule has 0 radical (unpaired) electrons. The second-order valence-electron chi connectivity index (χ2n) is 7.36. The molecule has 2 N–H and O–H groups in total. The van der Waals surface area contributed by atoms with E-state index in [0.717, 1.165) is 16.6 Å². The van der Waals surface area contributed by atoms with E-state index in [1.165, 1.54) is 18.0 Å². The number of aliphatic carboxylic acids is 1. The average Bonchev–Trinajstić information content (AvgIpc) is 3.21. The highest BCUT2D eigenvalue weighted by Crippen LogP contribution is 2.27. The number of rotatable bonds is 10. The number of thioether (sulfide) groups is 1. The Kier molecular flexibility index (Phi) is 8.02. The van der Waals surface area contributed by atoms with E-state index in [0.29, 0.717) is 28.0 Å². The molecule has 1 aromatic heterocycles. The average molecular weight is 509 g/mol. The Morgan fingerprint density at radius 2 is 1.83 bits per heavy atom. The van der Waals surface area contributed by atoms with Gasteiger partial charge in [0, 0.05) is 10.6 Å². The van der Waals surface area contributed by atoms with Crippen LogP contribution in [0.4, 0.5) is 0 Å². The molecular formula is C25H21ClN4O4S. The highest BCUT2D eigenvalue weighted by atomic mass is 35.5. The van der Waals surface area contributed by atoms with Crippen LogP contribution in [0.25, 0.3) is 11.0 Å². The van der Waals surface area contributed by atoms with E-state index in [1.807, 2.05) is 53.1 Å². The molecule has 0 atom stereocenters. The topological polar surface area (TPSA) is 106 Å². The first-order valence-electron chi connectivity index (χ1n) is 10.6. The van der Waals surface area contributed by atoms with E-state index in [-0.39, 0.29) is 11.7 Å². The van der Waals surface area contributed by atoms with Crippen molar-refractivity contribution in [1.82, 2.24) is 15.0 Å². The van der Waals surface area contributed by atoms with Gasteiger partial charge in [-0.05, 0) is 35.9 Å². The number of ether oxygens (including phenoxy) is 1. The predicted molar refractivity (Wildman–Crippen MR) is 136 cm³/mol. The van der Waals surface area contributed by atoms with Crippen molar-refractivity contribution in [2.24, 2.45) is 5.10 Å². The van der Waals surface area contributed by atoms with Crippen LogP contribution in [0.5, 0.6) is 5.75 Å². The fraction of sp³-hybridized carbons (Fsp3) is 0.120. The standard InChI is InChI=1S/C25H21ClN4O4S/c26-19-9-3-1-8-18(19)14-30-21-11-5-4-10-20(21)28-25(30)35-16-23(31)29-27-13-17-7-2-6-12-22(17)34-15-24(32)33/h1-13H,14-16H2,(H,29,31)(H,32,33). The summed E-state index contributed by atoms with van der Waals surface area (Å²) in [7, 11) is 0. The number of nitrogens with zero attached hydrogens (tertiary/aromatic N) is 3. The summed E-state index contributed by atoms with van der Waals surface area (Å²) in [5.74, 6) is -0.940. The lowest BCUT2D eigenvalue weighted by Gasteiger charge is -2.10. The maximum Gasteiger partial charge on any atom is 0.341 e. The molecule has 0 aliphatic heterocycles. The molecule has 0 bridgehead atoms. The Bertz CT molecular complexity index is 1390. The fourth-order valence-electron chi connectivity index (χ4n) is 3.31. The van der Waals surface area contributed by atoms with Gasteiger partial charge in [0.15, 0.2) is 11.8 Å². The van der Waals surface area contributed by atoms with Crippen molar-refractivity contribution in [2.75, 3.05) is 12.4 Å². The van der Waals surface area contributed by atoms with Gasteiger partial charge in [0.1, 0.15) is 5.75 Å². The molecular weight excluding hydrogens is 488 g/mol. The number of carboxylic acids is 1. The van der Waals surface area contributed by atoms with Crippen LogP contribution < -0.4 is 10.2 Å². The van der Waals surface area contributed by atoms with Gasteiger partial charge < -0.3 is 14.4 Å². The monoisotopic (exact) mass is 508 g/mol. The molecule has 8 nitrogen and oxygen atoms in total. The molecule has 3 aromatic carbocycles. The molecule has 35 heavy (non-hydrogen) atoms. The van der Waals surface area contributed by atoms with Gasteiger partial charge in [0.25, 0.3) is 5.91 Å². The number of amides is 1. The molecule has 0 spiro atoms. The summed E-state index contributed by atoms with van der Waals surface area (Å²) < 4.78 is 7.27. The minimum Gasteiger partial charge on any atom is -0.481 e. The summed E-state index contributed by atoms with van der Waals surface area (Å²) in [4.78, 5) is 27.9. The van der Waals surface area contributed by atoms with Crippen LogP contribution in [-0.4, -0.2) is 45.1 Å². The van der Waals surface area contributed by atoms with Gasteiger partial charge in [0.2, 0.25) is 0 Å². The number of hydrazone groups is 1. The minimum atomic E-state index is -1.08. The van der Waals surface area contributed by atoms with Crippen LogP contribution in [0, 0.1) is 0 Å². The second-order valence-corrected chi connectivity index (χ2v) is 8.71. The Hall–Kier alpha value is -3.82. The third-order valence-electron chi connectivity index (χ3n) is 4.90. The minimum absolute atomic E-state index is 0.0976. The summed E-state index contributed by atoms with van der Waals surface area (Å²) in [5, 5.41) is 14.1. The number of nitrogens with one attached hydrogen (secondary N) is 1. The molecule has 1 heterocycles. The summed E-state index contributed by atoms with van der Waals surface area (Å²) in [6, 6.07) is 22.2.